The lowest BCUT2D eigenvalue weighted by Gasteiger charge is -2.23. The van der Waals surface area contributed by atoms with E-state index in [0.717, 1.165) is 31.9 Å². The Morgan fingerprint density at radius 2 is 2.12 bits per heavy atom. The molecule has 0 spiro atoms. The van der Waals surface area contributed by atoms with E-state index in [9.17, 15) is 18.0 Å². The van der Waals surface area contributed by atoms with Gasteiger partial charge in [0.15, 0.2) is 5.69 Å². The molecule has 1 aromatic rings. The van der Waals surface area contributed by atoms with E-state index >= 15 is 0 Å². The van der Waals surface area contributed by atoms with Crippen LogP contribution in [0.15, 0.2) is 10.9 Å². The van der Waals surface area contributed by atoms with E-state index in [-0.39, 0.29) is 11.7 Å². The van der Waals surface area contributed by atoms with Crippen molar-refractivity contribution in [1.29, 1.82) is 0 Å². The Hall–Kier alpha value is -1.37. The monoisotopic (exact) mass is 247 g/mol. The Morgan fingerprint density at radius 3 is 2.71 bits per heavy atom. The Labute approximate surface area is 95.3 Å². The maximum atomic E-state index is 12.5. The van der Waals surface area contributed by atoms with Gasteiger partial charge < -0.3 is 10.3 Å². The first-order valence-electron chi connectivity index (χ1n) is 5.38. The SMILES string of the molecule is O=c1nc(C(F)(F)F)cc(C2CCCCN2)[nH]1. The van der Waals surface area contributed by atoms with E-state index < -0.39 is 17.6 Å². The van der Waals surface area contributed by atoms with Crippen molar-refractivity contribution in [3.05, 3.63) is 27.9 Å². The van der Waals surface area contributed by atoms with E-state index in [1.165, 1.54) is 0 Å². The van der Waals surface area contributed by atoms with Gasteiger partial charge in [0.05, 0.1) is 0 Å². The smallest absolute Gasteiger partial charge is 0.309 e. The van der Waals surface area contributed by atoms with Gasteiger partial charge in [-0.2, -0.15) is 18.2 Å². The maximum Gasteiger partial charge on any atom is 0.433 e. The molecular formula is C10H12F3N3O. The number of aromatic nitrogens is 2. The summed E-state index contributed by atoms with van der Waals surface area (Å²) in [5.41, 5.74) is -1.83. The van der Waals surface area contributed by atoms with Crippen molar-refractivity contribution in [3.63, 3.8) is 0 Å². The molecule has 7 heteroatoms. The number of piperidine rings is 1. The number of alkyl halides is 3. The van der Waals surface area contributed by atoms with Crippen LogP contribution in [0.5, 0.6) is 0 Å². The topological polar surface area (TPSA) is 57.8 Å². The van der Waals surface area contributed by atoms with Gasteiger partial charge in [-0.05, 0) is 25.5 Å². The van der Waals surface area contributed by atoms with Crippen LogP contribution in [-0.2, 0) is 6.18 Å². The van der Waals surface area contributed by atoms with E-state index in [1.807, 2.05) is 0 Å². The molecule has 0 radical (unpaired) electrons. The minimum atomic E-state index is -4.59. The number of nitrogens with zero attached hydrogens (tertiary/aromatic N) is 1. The molecule has 1 aromatic heterocycles. The Morgan fingerprint density at radius 1 is 1.35 bits per heavy atom. The van der Waals surface area contributed by atoms with Crippen LogP contribution in [0.2, 0.25) is 0 Å². The van der Waals surface area contributed by atoms with Gasteiger partial charge in [0.1, 0.15) is 0 Å². The van der Waals surface area contributed by atoms with Gasteiger partial charge in [0.25, 0.3) is 0 Å². The fourth-order valence-corrected chi connectivity index (χ4v) is 1.93. The highest BCUT2D eigenvalue weighted by atomic mass is 19.4. The summed E-state index contributed by atoms with van der Waals surface area (Å²) in [4.78, 5) is 16.4. The first-order chi connectivity index (χ1) is 7.97. The van der Waals surface area contributed by atoms with Crippen LogP contribution in [-0.4, -0.2) is 16.5 Å². The van der Waals surface area contributed by atoms with Crippen LogP contribution in [0.3, 0.4) is 0 Å². The molecule has 0 aromatic carbocycles. The fraction of sp³-hybridized carbons (Fsp3) is 0.600. The second-order valence-electron chi connectivity index (χ2n) is 4.03. The Kier molecular flexibility index (Phi) is 3.19. The number of aromatic amines is 1. The van der Waals surface area contributed by atoms with Gasteiger partial charge >= 0.3 is 11.9 Å². The first kappa shape index (κ1) is 12.1. The number of hydrogen-bond acceptors (Lipinski definition) is 3. The molecule has 1 unspecified atom stereocenters. The highest BCUT2D eigenvalue weighted by molar-refractivity contribution is 5.15. The fourth-order valence-electron chi connectivity index (χ4n) is 1.93. The lowest BCUT2D eigenvalue weighted by atomic mass is 10.0. The van der Waals surface area contributed by atoms with Gasteiger partial charge in [0, 0.05) is 11.7 Å². The quantitative estimate of drug-likeness (QED) is 0.792. The zero-order valence-corrected chi connectivity index (χ0v) is 8.97. The summed E-state index contributed by atoms with van der Waals surface area (Å²) in [6.45, 7) is 0.746. The molecule has 2 N–H and O–H groups in total. The molecule has 0 aliphatic carbocycles. The second kappa shape index (κ2) is 4.48. The highest BCUT2D eigenvalue weighted by Gasteiger charge is 2.34. The van der Waals surface area contributed by atoms with Crippen LogP contribution in [0.25, 0.3) is 0 Å². The molecule has 17 heavy (non-hydrogen) atoms. The zero-order valence-electron chi connectivity index (χ0n) is 8.97. The predicted octanol–water partition coefficient (Wildman–Crippen LogP) is 1.60. The molecule has 0 bridgehead atoms. The van der Waals surface area contributed by atoms with Gasteiger partial charge in [-0.25, -0.2) is 4.79 Å². The van der Waals surface area contributed by atoms with Crippen molar-refractivity contribution in [2.75, 3.05) is 6.54 Å². The molecule has 1 aliphatic rings. The van der Waals surface area contributed by atoms with Crippen LogP contribution < -0.4 is 11.0 Å². The van der Waals surface area contributed by atoms with E-state index in [4.69, 9.17) is 0 Å². The van der Waals surface area contributed by atoms with Crippen LogP contribution in [0.1, 0.15) is 36.7 Å². The average Bonchev–Trinajstić information content (AvgIpc) is 2.28. The Balaban J connectivity index is 2.34. The summed E-state index contributed by atoms with van der Waals surface area (Å²) < 4.78 is 37.4. The molecule has 1 fully saturated rings. The van der Waals surface area contributed by atoms with Crippen LogP contribution in [0.4, 0.5) is 13.2 Å². The molecule has 1 saturated heterocycles. The molecule has 1 atom stereocenters. The third-order valence-electron chi connectivity index (χ3n) is 2.74. The predicted molar refractivity (Wildman–Crippen MR) is 54.5 cm³/mol. The van der Waals surface area contributed by atoms with Crippen molar-refractivity contribution >= 4 is 0 Å². The first-order valence-corrected chi connectivity index (χ1v) is 5.38. The minimum Gasteiger partial charge on any atom is -0.309 e. The standard InChI is InChI=1S/C10H12F3N3O/c11-10(12,13)8-5-7(15-9(17)16-8)6-3-1-2-4-14-6/h5-6,14H,1-4H2,(H,15,16,17). The molecule has 2 heterocycles. The molecular weight excluding hydrogens is 235 g/mol. The minimum absolute atomic E-state index is 0.222. The number of H-pyrrole nitrogens is 1. The van der Waals surface area contributed by atoms with Gasteiger partial charge in [-0.1, -0.05) is 6.42 Å². The summed E-state index contributed by atoms with van der Waals surface area (Å²) in [6, 6.07) is 0.685. The van der Waals surface area contributed by atoms with Crippen molar-refractivity contribution in [3.8, 4) is 0 Å². The number of hydrogen-bond donors (Lipinski definition) is 2. The van der Waals surface area contributed by atoms with E-state index in [1.54, 1.807) is 0 Å². The molecule has 0 saturated carbocycles. The van der Waals surface area contributed by atoms with Gasteiger partial charge in [-0.3, -0.25) is 0 Å². The summed E-state index contributed by atoms with van der Waals surface area (Å²) in [5, 5.41) is 3.08. The van der Waals surface area contributed by atoms with Crippen LogP contribution >= 0.6 is 0 Å². The number of rotatable bonds is 1. The number of halogens is 3. The third kappa shape index (κ3) is 2.85. The lowest BCUT2D eigenvalue weighted by Crippen LogP contribution is -2.30. The average molecular weight is 247 g/mol. The Bertz CT molecular complexity index is 449. The lowest BCUT2D eigenvalue weighted by molar-refractivity contribution is -0.141. The molecule has 4 nitrogen and oxygen atoms in total. The summed E-state index contributed by atoms with van der Waals surface area (Å²) in [5.74, 6) is 0. The zero-order chi connectivity index (χ0) is 12.5. The summed E-state index contributed by atoms with van der Waals surface area (Å²) >= 11 is 0. The second-order valence-corrected chi connectivity index (χ2v) is 4.03. The molecule has 1 aliphatic heterocycles. The molecule has 2 rings (SSSR count). The van der Waals surface area contributed by atoms with E-state index in [2.05, 4.69) is 15.3 Å². The van der Waals surface area contributed by atoms with E-state index in [0.29, 0.717) is 0 Å². The molecule has 0 amide bonds. The van der Waals surface area contributed by atoms with Gasteiger partial charge in [-0.15, -0.1) is 0 Å². The van der Waals surface area contributed by atoms with Crippen molar-refractivity contribution < 1.29 is 13.2 Å². The van der Waals surface area contributed by atoms with Crippen LogP contribution in [0, 0.1) is 0 Å². The maximum absolute atomic E-state index is 12.5. The number of nitrogens with one attached hydrogen (secondary N) is 2. The summed E-state index contributed by atoms with van der Waals surface area (Å²) in [7, 11) is 0. The largest absolute Gasteiger partial charge is 0.433 e. The third-order valence-corrected chi connectivity index (χ3v) is 2.74. The van der Waals surface area contributed by atoms with Crippen molar-refractivity contribution in [2.45, 2.75) is 31.5 Å². The van der Waals surface area contributed by atoms with Crippen molar-refractivity contribution in [2.24, 2.45) is 0 Å². The van der Waals surface area contributed by atoms with Crippen molar-refractivity contribution in [1.82, 2.24) is 15.3 Å². The highest BCUT2D eigenvalue weighted by Crippen LogP contribution is 2.29. The summed E-state index contributed by atoms with van der Waals surface area (Å²) in [6.07, 6.45) is -1.93. The van der Waals surface area contributed by atoms with Gasteiger partial charge in [0.2, 0.25) is 0 Å². The normalized spacial score (nSPS) is 21.5. The molecule has 94 valence electrons.